The maximum atomic E-state index is 5.93. The highest BCUT2D eigenvalue weighted by molar-refractivity contribution is 5.67. The van der Waals surface area contributed by atoms with Gasteiger partial charge >= 0.3 is 0 Å². The lowest BCUT2D eigenvalue weighted by atomic mass is 9.96. The van der Waals surface area contributed by atoms with Crippen molar-refractivity contribution in [1.82, 2.24) is 14.6 Å². The molecule has 1 aromatic heterocycles. The summed E-state index contributed by atoms with van der Waals surface area (Å²) < 4.78 is 2.07. The Morgan fingerprint density at radius 3 is 3.11 bits per heavy atom. The molecule has 5 nitrogen and oxygen atoms in total. The molecule has 1 fully saturated rings. The molecule has 2 aromatic rings. The number of fused-ring (bicyclic) bond motifs is 3. The number of nitrogens with one attached hydrogen (secondary N) is 1. The van der Waals surface area contributed by atoms with E-state index in [0.717, 1.165) is 13.1 Å². The van der Waals surface area contributed by atoms with Crippen molar-refractivity contribution < 1.29 is 0 Å². The number of imidazole rings is 1. The van der Waals surface area contributed by atoms with Crippen LogP contribution < -0.4 is 11.2 Å². The SMILES string of the molecule is NN1CC2Nc3cccc(-n4ccnc4)c3C2C1. The van der Waals surface area contributed by atoms with Gasteiger partial charge in [-0.3, -0.25) is 5.84 Å². The van der Waals surface area contributed by atoms with Crippen molar-refractivity contribution in [2.45, 2.75) is 12.0 Å². The van der Waals surface area contributed by atoms with Gasteiger partial charge in [-0.2, -0.15) is 0 Å². The first kappa shape index (κ1) is 10.1. The van der Waals surface area contributed by atoms with Crippen molar-refractivity contribution >= 4 is 5.69 Å². The Hall–Kier alpha value is -1.85. The Morgan fingerprint density at radius 2 is 2.28 bits per heavy atom. The maximum absolute atomic E-state index is 5.93. The quantitative estimate of drug-likeness (QED) is 0.729. The maximum Gasteiger partial charge on any atom is 0.0991 e. The second-order valence-corrected chi connectivity index (χ2v) is 5.02. The molecule has 5 heteroatoms. The molecule has 0 saturated carbocycles. The van der Waals surface area contributed by atoms with Crippen LogP contribution in [0.5, 0.6) is 0 Å². The van der Waals surface area contributed by atoms with Gasteiger partial charge in [0, 0.05) is 48.7 Å². The zero-order valence-electron chi connectivity index (χ0n) is 9.95. The van der Waals surface area contributed by atoms with Crippen LogP contribution in [0, 0.1) is 0 Å². The molecule has 18 heavy (non-hydrogen) atoms. The predicted octanol–water partition coefficient (Wildman–Crippen LogP) is 0.939. The van der Waals surface area contributed by atoms with E-state index in [1.165, 1.54) is 16.9 Å². The van der Waals surface area contributed by atoms with E-state index in [1.54, 1.807) is 0 Å². The van der Waals surface area contributed by atoms with Crippen molar-refractivity contribution in [3.8, 4) is 5.69 Å². The summed E-state index contributed by atoms with van der Waals surface area (Å²) in [7, 11) is 0. The fourth-order valence-corrected chi connectivity index (χ4v) is 3.17. The summed E-state index contributed by atoms with van der Waals surface area (Å²) in [4.78, 5) is 4.13. The van der Waals surface area contributed by atoms with Crippen LogP contribution in [0.3, 0.4) is 0 Å². The van der Waals surface area contributed by atoms with E-state index in [4.69, 9.17) is 5.84 Å². The lowest BCUT2D eigenvalue weighted by Crippen LogP contribution is -2.31. The number of rotatable bonds is 1. The first-order valence-corrected chi connectivity index (χ1v) is 6.20. The monoisotopic (exact) mass is 241 g/mol. The van der Waals surface area contributed by atoms with E-state index in [0.29, 0.717) is 12.0 Å². The third-order valence-electron chi connectivity index (χ3n) is 3.93. The molecule has 0 bridgehead atoms. The van der Waals surface area contributed by atoms with Gasteiger partial charge in [-0.05, 0) is 12.1 Å². The van der Waals surface area contributed by atoms with E-state index in [1.807, 2.05) is 23.7 Å². The van der Waals surface area contributed by atoms with Gasteiger partial charge in [-0.1, -0.05) is 6.07 Å². The topological polar surface area (TPSA) is 59.1 Å². The van der Waals surface area contributed by atoms with Gasteiger partial charge in [0.15, 0.2) is 0 Å². The Bertz CT molecular complexity index is 577. The molecule has 92 valence electrons. The van der Waals surface area contributed by atoms with Crippen LogP contribution in [0.25, 0.3) is 5.69 Å². The van der Waals surface area contributed by atoms with Crippen molar-refractivity contribution in [3.63, 3.8) is 0 Å². The first-order chi connectivity index (χ1) is 8.83. The zero-order valence-corrected chi connectivity index (χ0v) is 9.95. The number of hydrazine groups is 1. The fourth-order valence-electron chi connectivity index (χ4n) is 3.17. The van der Waals surface area contributed by atoms with Gasteiger partial charge in [0.2, 0.25) is 0 Å². The van der Waals surface area contributed by atoms with E-state index in [2.05, 4.69) is 33.1 Å². The predicted molar refractivity (Wildman–Crippen MR) is 69.5 cm³/mol. The van der Waals surface area contributed by atoms with Crippen molar-refractivity contribution in [2.75, 3.05) is 18.4 Å². The Morgan fingerprint density at radius 1 is 1.33 bits per heavy atom. The van der Waals surface area contributed by atoms with Crippen molar-refractivity contribution in [1.29, 1.82) is 0 Å². The van der Waals surface area contributed by atoms with Crippen LogP contribution >= 0.6 is 0 Å². The van der Waals surface area contributed by atoms with E-state index < -0.39 is 0 Å². The van der Waals surface area contributed by atoms with Crippen LogP contribution in [0.1, 0.15) is 11.5 Å². The molecule has 2 aliphatic rings. The molecule has 3 N–H and O–H groups in total. The van der Waals surface area contributed by atoms with Gasteiger partial charge in [0.05, 0.1) is 12.0 Å². The second-order valence-electron chi connectivity index (χ2n) is 5.02. The molecular formula is C13H15N5. The molecule has 0 spiro atoms. The summed E-state index contributed by atoms with van der Waals surface area (Å²) >= 11 is 0. The number of aromatic nitrogens is 2. The largest absolute Gasteiger partial charge is 0.380 e. The summed E-state index contributed by atoms with van der Waals surface area (Å²) in [5.41, 5.74) is 3.82. The fraction of sp³-hybridized carbons (Fsp3) is 0.308. The molecule has 0 radical (unpaired) electrons. The molecule has 4 rings (SSSR count). The molecule has 2 atom stereocenters. The number of hydrogen-bond acceptors (Lipinski definition) is 4. The normalized spacial score (nSPS) is 25.8. The standard InChI is InChI=1S/C13H15N5/c14-18-6-9-11(7-18)16-10-2-1-3-12(13(9)10)17-5-4-15-8-17/h1-5,8-9,11,16H,6-7,14H2. The molecular weight excluding hydrogens is 226 g/mol. The minimum atomic E-state index is 0.440. The van der Waals surface area contributed by atoms with Gasteiger partial charge in [0.1, 0.15) is 0 Å². The first-order valence-electron chi connectivity index (χ1n) is 6.20. The third-order valence-corrected chi connectivity index (χ3v) is 3.93. The van der Waals surface area contributed by atoms with Gasteiger partial charge in [-0.15, -0.1) is 0 Å². The van der Waals surface area contributed by atoms with Gasteiger partial charge in [0.25, 0.3) is 0 Å². The summed E-state index contributed by atoms with van der Waals surface area (Å²) in [5, 5.41) is 5.47. The van der Waals surface area contributed by atoms with E-state index in [9.17, 15) is 0 Å². The second kappa shape index (κ2) is 3.57. The molecule has 0 amide bonds. The molecule has 3 heterocycles. The van der Waals surface area contributed by atoms with Gasteiger partial charge in [-0.25, -0.2) is 9.99 Å². The smallest absolute Gasteiger partial charge is 0.0991 e. The molecule has 2 aliphatic heterocycles. The van der Waals surface area contributed by atoms with E-state index in [-0.39, 0.29) is 0 Å². The van der Waals surface area contributed by atoms with E-state index >= 15 is 0 Å². The zero-order chi connectivity index (χ0) is 12.1. The minimum absolute atomic E-state index is 0.440. The number of hydrogen-bond donors (Lipinski definition) is 2. The highest BCUT2D eigenvalue weighted by Crippen LogP contribution is 2.42. The van der Waals surface area contributed by atoms with Crippen molar-refractivity contribution in [2.24, 2.45) is 5.84 Å². The number of anilines is 1. The lowest BCUT2D eigenvalue weighted by Gasteiger charge is -2.14. The Kier molecular flexibility index (Phi) is 2.00. The highest BCUT2D eigenvalue weighted by Gasteiger charge is 2.40. The summed E-state index contributed by atoms with van der Waals surface area (Å²) in [6, 6.07) is 6.82. The summed E-state index contributed by atoms with van der Waals surface area (Å²) in [6.45, 7) is 1.82. The van der Waals surface area contributed by atoms with Crippen LogP contribution in [0.2, 0.25) is 0 Å². The summed E-state index contributed by atoms with van der Waals surface area (Å²) in [5.74, 6) is 6.40. The number of nitrogens with two attached hydrogens (primary N) is 1. The van der Waals surface area contributed by atoms with Crippen LogP contribution in [-0.4, -0.2) is 33.7 Å². The minimum Gasteiger partial charge on any atom is -0.380 e. The molecule has 1 aromatic carbocycles. The van der Waals surface area contributed by atoms with Gasteiger partial charge < -0.3 is 9.88 Å². The number of nitrogens with zero attached hydrogens (tertiary/aromatic N) is 3. The molecule has 1 saturated heterocycles. The average Bonchev–Trinajstić information content (AvgIpc) is 3.02. The van der Waals surface area contributed by atoms with Crippen LogP contribution in [-0.2, 0) is 0 Å². The number of benzene rings is 1. The Balaban J connectivity index is 1.86. The average molecular weight is 241 g/mol. The van der Waals surface area contributed by atoms with Crippen LogP contribution in [0.4, 0.5) is 5.69 Å². The highest BCUT2D eigenvalue weighted by atomic mass is 15.4. The Labute approximate surface area is 105 Å². The van der Waals surface area contributed by atoms with Crippen molar-refractivity contribution in [3.05, 3.63) is 42.5 Å². The third kappa shape index (κ3) is 1.31. The van der Waals surface area contributed by atoms with Crippen LogP contribution in [0.15, 0.2) is 36.9 Å². The molecule has 0 aliphatic carbocycles. The lowest BCUT2D eigenvalue weighted by molar-refractivity contribution is 0.347. The molecule has 2 unspecified atom stereocenters. The summed E-state index contributed by atoms with van der Waals surface area (Å²) in [6.07, 6.45) is 5.64.